The summed E-state index contributed by atoms with van der Waals surface area (Å²) in [6.07, 6.45) is 2.30. The van der Waals surface area contributed by atoms with Crippen molar-refractivity contribution < 1.29 is 19.1 Å². The fourth-order valence-corrected chi connectivity index (χ4v) is 3.59. The molecule has 6 heteroatoms. The fourth-order valence-electron chi connectivity index (χ4n) is 3.59. The van der Waals surface area contributed by atoms with Crippen LogP contribution in [0.15, 0.2) is 42.5 Å². The number of rotatable bonds is 8. The zero-order valence-electron chi connectivity index (χ0n) is 17.2. The molecular weight excluding hydrogens is 368 g/mol. The van der Waals surface area contributed by atoms with Gasteiger partial charge in [-0.25, -0.2) is 0 Å². The van der Waals surface area contributed by atoms with Gasteiger partial charge in [-0.3, -0.25) is 9.59 Å². The van der Waals surface area contributed by atoms with Crippen LogP contribution in [0.5, 0.6) is 11.5 Å². The smallest absolute Gasteiger partial charge is 0.251 e. The molecule has 1 saturated heterocycles. The summed E-state index contributed by atoms with van der Waals surface area (Å²) < 4.78 is 10.7. The lowest BCUT2D eigenvalue weighted by Gasteiger charge is -2.19. The van der Waals surface area contributed by atoms with Crippen LogP contribution in [0.25, 0.3) is 0 Å². The highest BCUT2D eigenvalue weighted by atomic mass is 16.5. The molecule has 1 N–H and O–H groups in total. The van der Waals surface area contributed by atoms with E-state index in [4.69, 9.17) is 9.47 Å². The van der Waals surface area contributed by atoms with Gasteiger partial charge >= 0.3 is 0 Å². The highest BCUT2D eigenvalue weighted by molar-refractivity contribution is 5.94. The van der Waals surface area contributed by atoms with Crippen LogP contribution in [0, 0.1) is 0 Å². The average molecular weight is 396 g/mol. The van der Waals surface area contributed by atoms with Crippen molar-refractivity contribution in [3.63, 3.8) is 0 Å². The molecule has 1 heterocycles. The molecule has 0 bridgehead atoms. The molecule has 0 saturated carbocycles. The van der Waals surface area contributed by atoms with Crippen LogP contribution in [0.2, 0.25) is 0 Å². The summed E-state index contributed by atoms with van der Waals surface area (Å²) in [5.41, 5.74) is 2.59. The van der Waals surface area contributed by atoms with Crippen molar-refractivity contribution in [1.29, 1.82) is 0 Å². The van der Waals surface area contributed by atoms with Crippen LogP contribution in [0.3, 0.4) is 0 Å². The predicted molar refractivity (Wildman–Crippen MR) is 111 cm³/mol. The van der Waals surface area contributed by atoms with Crippen LogP contribution in [0.4, 0.5) is 0 Å². The maximum atomic E-state index is 12.7. The molecule has 0 aliphatic carbocycles. The second kappa shape index (κ2) is 9.45. The first-order chi connectivity index (χ1) is 14.0. The second-order valence-corrected chi connectivity index (χ2v) is 7.16. The van der Waals surface area contributed by atoms with Gasteiger partial charge in [-0.05, 0) is 48.2 Å². The van der Waals surface area contributed by atoms with Crippen molar-refractivity contribution in [3.05, 3.63) is 59.2 Å². The molecule has 1 atom stereocenters. The quantitative estimate of drug-likeness (QED) is 0.739. The second-order valence-electron chi connectivity index (χ2n) is 7.16. The Morgan fingerprint density at radius 2 is 1.83 bits per heavy atom. The maximum absolute atomic E-state index is 12.7. The van der Waals surface area contributed by atoms with Crippen LogP contribution < -0.4 is 14.8 Å². The predicted octanol–water partition coefficient (Wildman–Crippen LogP) is 3.71. The topological polar surface area (TPSA) is 67.9 Å². The van der Waals surface area contributed by atoms with E-state index in [1.807, 2.05) is 54.3 Å². The Hall–Kier alpha value is -3.02. The number of benzene rings is 2. The molecule has 2 amide bonds. The molecule has 0 unspecified atom stereocenters. The van der Waals surface area contributed by atoms with Crippen molar-refractivity contribution in [2.45, 2.75) is 38.8 Å². The molecule has 2 aromatic rings. The molecule has 1 fully saturated rings. The van der Waals surface area contributed by atoms with Gasteiger partial charge < -0.3 is 19.7 Å². The van der Waals surface area contributed by atoms with E-state index in [-0.39, 0.29) is 17.9 Å². The molecule has 1 aliphatic heterocycles. The summed E-state index contributed by atoms with van der Waals surface area (Å²) in [7, 11) is 3.19. The van der Waals surface area contributed by atoms with Crippen LogP contribution >= 0.6 is 0 Å². The largest absolute Gasteiger partial charge is 0.493 e. The standard InChI is InChI=1S/C23H28N2O4/c1-4-19(18-11-12-20(28-2)21(14-18)29-3)24-23(27)17-9-7-16(8-10-17)15-25-13-5-6-22(25)26/h7-12,14,19H,4-6,13,15H2,1-3H3,(H,24,27)/t19-/m1/s1. The van der Waals surface area contributed by atoms with Crippen LogP contribution in [0.1, 0.15) is 53.7 Å². The SMILES string of the molecule is CC[C@@H](NC(=O)c1ccc(CN2CCCC2=O)cc1)c1ccc(OC)c(OC)c1. The Morgan fingerprint density at radius 1 is 1.10 bits per heavy atom. The van der Waals surface area contributed by atoms with E-state index in [0.29, 0.717) is 30.0 Å². The third-order valence-electron chi connectivity index (χ3n) is 5.28. The summed E-state index contributed by atoms with van der Waals surface area (Å²) in [6, 6.07) is 13.0. The number of carbonyl (C=O) groups excluding carboxylic acids is 2. The lowest BCUT2D eigenvalue weighted by molar-refractivity contribution is -0.128. The fraction of sp³-hybridized carbons (Fsp3) is 0.391. The minimum atomic E-state index is -0.135. The van der Waals surface area contributed by atoms with Gasteiger partial charge in [-0.1, -0.05) is 25.1 Å². The number of likely N-dealkylation sites (tertiary alicyclic amines) is 1. The zero-order chi connectivity index (χ0) is 20.8. The monoisotopic (exact) mass is 396 g/mol. The van der Waals surface area contributed by atoms with Gasteiger partial charge in [-0.2, -0.15) is 0 Å². The van der Waals surface area contributed by atoms with Gasteiger partial charge in [-0.15, -0.1) is 0 Å². The van der Waals surface area contributed by atoms with Crippen molar-refractivity contribution >= 4 is 11.8 Å². The van der Waals surface area contributed by atoms with E-state index in [9.17, 15) is 9.59 Å². The van der Waals surface area contributed by atoms with Crippen LogP contribution in [-0.2, 0) is 11.3 Å². The summed E-state index contributed by atoms with van der Waals surface area (Å²) >= 11 is 0. The molecule has 3 rings (SSSR count). The van der Waals surface area contributed by atoms with Crippen molar-refractivity contribution in [1.82, 2.24) is 10.2 Å². The summed E-state index contributed by atoms with van der Waals surface area (Å²) in [6.45, 7) is 3.44. The van der Waals surface area contributed by atoms with Gasteiger partial charge in [0, 0.05) is 25.1 Å². The third-order valence-corrected chi connectivity index (χ3v) is 5.28. The number of amides is 2. The Balaban J connectivity index is 1.67. The maximum Gasteiger partial charge on any atom is 0.251 e. The number of nitrogens with zero attached hydrogens (tertiary/aromatic N) is 1. The Bertz CT molecular complexity index is 864. The Labute approximate surface area is 171 Å². The van der Waals surface area contributed by atoms with E-state index in [1.165, 1.54) is 0 Å². The summed E-state index contributed by atoms with van der Waals surface area (Å²) in [5.74, 6) is 1.37. The number of nitrogens with one attached hydrogen (secondary N) is 1. The molecule has 2 aromatic carbocycles. The van der Waals surface area contributed by atoms with E-state index >= 15 is 0 Å². The van der Waals surface area contributed by atoms with Crippen LogP contribution in [-0.4, -0.2) is 37.5 Å². The van der Waals surface area contributed by atoms with E-state index in [0.717, 1.165) is 30.5 Å². The van der Waals surface area contributed by atoms with Crippen molar-refractivity contribution in [2.24, 2.45) is 0 Å². The minimum absolute atomic E-state index is 0.129. The number of ether oxygens (including phenoxy) is 2. The molecule has 6 nitrogen and oxygen atoms in total. The van der Waals surface area contributed by atoms with E-state index in [1.54, 1.807) is 14.2 Å². The van der Waals surface area contributed by atoms with E-state index < -0.39 is 0 Å². The van der Waals surface area contributed by atoms with Gasteiger partial charge in [0.1, 0.15) is 0 Å². The first-order valence-electron chi connectivity index (χ1n) is 9.95. The average Bonchev–Trinajstić information content (AvgIpc) is 3.16. The lowest BCUT2D eigenvalue weighted by atomic mass is 10.0. The first kappa shape index (κ1) is 20.7. The molecule has 0 radical (unpaired) electrons. The number of hydrogen-bond acceptors (Lipinski definition) is 4. The van der Waals surface area contributed by atoms with E-state index in [2.05, 4.69) is 5.32 Å². The molecular formula is C23H28N2O4. The first-order valence-corrected chi connectivity index (χ1v) is 9.95. The summed E-state index contributed by atoms with van der Waals surface area (Å²) in [4.78, 5) is 26.4. The minimum Gasteiger partial charge on any atom is -0.493 e. The van der Waals surface area contributed by atoms with Gasteiger partial charge in [0.15, 0.2) is 11.5 Å². The highest BCUT2D eigenvalue weighted by Crippen LogP contribution is 2.31. The normalized spacial score (nSPS) is 14.6. The van der Waals surface area contributed by atoms with Crippen molar-refractivity contribution in [2.75, 3.05) is 20.8 Å². The lowest BCUT2D eigenvalue weighted by Crippen LogP contribution is -2.28. The molecule has 154 valence electrons. The summed E-state index contributed by atoms with van der Waals surface area (Å²) in [5, 5.41) is 3.09. The number of hydrogen-bond donors (Lipinski definition) is 1. The van der Waals surface area contributed by atoms with Crippen molar-refractivity contribution in [3.8, 4) is 11.5 Å². The van der Waals surface area contributed by atoms with Gasteiger partial charge in [0.25, 0.3) is 5.91 Å². The molecule has 29 heavy (non-hydrogen) atoms. The number of methoxy groups -OCH3 is 2. The molecule has 1 aliphatic rings. The van der Waals surface area contributed by atoms with Gasteiger partial charge in [0.05, 0.1) is 20.3 Å². The molecule has 0 aromatic heterocycles. The molecule has 0 spiro atoms. The zero-order valence-corrected chi connectivity index (χ0v) is 17.2. The third kappa shape index (κ3) is 4.88. The van der Waals surface area contributed by atoms with Gasteiger partial charge in [0.2, 0.25) is 5.91 Å². The Morgan fingerprint density at radius 3 is 2.41 bits per heavy atom. The Kier molecular flexibility index (Phi) is 6.75. The number of carbonyl (C=O) groups is 2. The highest BCUT2D eigenvalue weighted by Gasteiger charge is 2.20.